The monoisotopic (exact) mass is 144 g/mol. The fourth-order valence-electron chi connectivity index (χ4n) is 0.417. The molecule has 0 bridgehead atoms. The second-order valence-corrected chi connectivity index (χ2v) is 1.62. The topological polar surface area (TPSA) is 98.1 Å². The highest BCUT2D eigenvalue weighted by molar-refractivity contribution is 5.73. The minimum Gasteiger partial charge on any atom is -0.478 e. The van der Waals surface area contributed by atoms with E-state index in [1.807, 2.05) is 0 Å². The van der Waals surface area contributed by atoms with Gasteiger partial charge in [0.15, 0.2) is 6.04 Å². The normalized spacial score (nSPS) is 11.3. The number of carbonyl (C=O) groups is 1. The first-order chi connectivity index (χ1) is 4.72. The van der Waals surface area contributed by atoms with Gasteiger partial charge in [-0.3, -0.25) is 0 Å². The standard InChI is InChI=1S/C4H8N4O2/c1-2-3(4(9)10)6-8-7-5/h3,6H,2H2,1H3,(H,9,10)/t3-/m0/s1. The van der Waals surface area contributed by atoms with E-state index in [9.17, 15) is 4.79 Å². The smallest absolute Gasteiger partial charge is 0.349 e. The third kappa shape index (κ3) is 2.78. The van der Waals surface area contributed by atoms with Crippen molar-refractivity contribution in [1.82, 2.24) is 5.43 Å². The SMILES string of the molecule is CC[C@H](NN=[N+]=[N-])C(=O)O. The number of nitrogens with one attached hydrogen (secondary N) is 1. The highest BCUT2D eigenvalue weighted by atomic mass is 16.4. The summed E-state index contributed by atoms with van der Waals surface area (Å²) in [5.74, 6) is -1.02. The Morgan fingerprint density at radius 2 is 2.60 bits per heavy atom. The van der Waals surface area contributed by atoms with Gasteiger partial charge in [-0.05, 0) is 11.6 Å². The van der Waals surface area contributed by atoms with E-state index in [1.165, 1.54) is 0 Å². The maximum atomic E-state index is 10.2. The largest absolute Gasteiger partial charge is 0.478 e. The van der Waals surface area contributed by atoms with Crippen LogP contribution in [0, 0.1) is 0 Å². The summed E-state index contributed by atoms with van der Waals surface area (Å²) < 4.78 is 0. The van der Waals surface area contributed by atoms with Crippen LogP contribution in [0.5, 0.6) is 0 Å². The third-order valence-electron chi connectivity index (χ3n) is 0.965. The van der Waals surface area contributed by atoms with Crippen molar-refractivity contribution >= 4 is 5.97 Å². The fraction of sp³-hybridized carbons (Fsp3) is 0.750. The maximum absolute atomic E-state index is 10.2. The molecule has 0 heterocycles. The van der Waals surface area contributed by atoms with E-state index in [2.05, 4.69) is 15.6 Å². The first kappa shape index (κ1) is 8.58. The highest BCUT2D eigenvalue weighted by Crippen LogP contribution is 1.89. The highest BCUT2D eigenvalue weighted by Gasteiger charge is 2.15. The molecule has 0 saturated carbocycles. The Balaban J connectivity index is 3.82. The summed E-state index contributed by atoms with van der Waals surface area (Å²) in [6.07, 6.45) is 0.383. The summed E-state index contributed by atoms with van der Waals surface area (Å²) in [6, 6.07) is -0.782. The number of aliphatic carboxylic acids is 1. The van der Waals surface area contributed by atoms with Crippen molar-refractivity contribution in [3.63, 3.8) is 0 Å². The lowest BCUT2D eigenvalue weighted by molar-refractivity contribution is -0.139. The molecule has 0 aromatic rings. The van der Waals surface area contributed by atoms with Crippen molar-refractivity contribution in [3.8, 4) is 0 Å². The molecule has 0 aliphatic heterocycles. The predicted octanol–water partition coefficient (Wildman–Crippen LogP) is 0.664. The minimum atomic E-state index is -1.02. The number of nitrogens with zero attached hydrogens (tertiary/aromatic N) is 3. The van der Waals surface area contributed by atoms with Crippen LogP contribution >= 0.6 is 0 Å². The van der Waals surface area contributed by atoms with Crippen LogP contribution in [-0.4, -0.2) is 17.1 Å². The number of hydrogen-bond donors (Lipinski definition) is 2. The molecule has 0 rings (SSSR count). The Hall–Kier alpha value is -1.42. The van der Waals surface area contributed by atoms with E-state index in [-0.39, 0.29) is 0 Å². The molecule has 0 fully saturated rings. The van der Waals surface area contributed by atoms with Crippen LogP contribution in [0.3, 0.4) is 0 Å². The molecule has 10 heavy (non-hydrogen) atoms. The molecule has 6 nitrogen and oxygen atoms in total. The van der Waals surface area contributed by atoms with Gasteiger partial charge < -0.3 is 5.11 Å². The van der Waals surface area contributed by atoms with Crippen molar-refractivity contribution in [2.24, 2.45) is 5.22 Å². The molecule has 1 atom stereocenters. The Morgan fingerprint density at radius 3 is 2.90 bits per heavy atom. The number of rotatable bonds is 4. The first-order valence-corrected chi connectivity index (χ1v) is 2.74. The molecule has 0 radical (unpaired) electrons. The van der Waals surface area contributed by atoms with Crippen molar-refractivity contribution in [2.75, 3.05) is 0 Å². The van der Waals surface area contributed by atoms with Gasteiger partial charge in [-0.2, -0.15) is 4.91 Å². The molecule has 0 aliphatic rings. The lowest BCUT2D eigenvalue weighted by Crippen LogP contribution is -2.31. The van der Waals surface area contributed by atoms with Gasteiger partial charge in [-0.15, -0.1) is 5.53 Å². The second-order valence-electron chi connectivity index (χ2n) is 1.62. The molecule has 6 heteroatoms. The molecular weight excluding hydrogens is 136 g/mol. The summed E-state index contributed by atoms with van der Waals surface area (Å²) in [5, 5.41) is 11.3. The average Bonchev–Trinajstić information content (AvgIpc) is 1.89. The van der Waals surface area contributed by atoms with Crippen LogP contribution in [0.15, 0.2) is 5.22 Å². The van der Waals surface area contributed by atoms with Crippen LogP contribution in [0.2, 0.25) is 0 Å². The van der Waals surface area contributed by atoms with E-state index >= 15 is 0 Å². The van der Waals surface area contributed by atoms with Gasteiger partial charge in [0.05, 0.1) is 0 Å². The number of carboxylic acids is 1. The van der Waals surface area contributed by atoms with E-state index < -0.39 is 12.0 Å². The average molecular weight is 144 g/mol. The molecule has 0 aromatic carbocycles. The summed E-state index contributed by atoms with van der Waals surface area (Å²) in [5.41, 5.74) is 9.92. The van der Waals surface area contributed by atoms with Crippen molar-refractivity contribution in [1.29, 1.82) is 0 Å². The first-order valence-electron chi connectivity index (χ1n) is 2.74. The molecule has 0 saturated heterocycles. The molecule has 0 spiro atoms. The van der Waals surface area contributed by atoms with E-state index in [0.29, 0.717) is 6.42 Å². The zero-order valence-corrected chi connectivity index (χ0v) is 5.48. The molecule has 56 valence electrons. The lowest BCUT2D eigenvalue weighted by Gasteiger charge is -2.02. The van der Waals surface area contributed by atoms with Gasteiger partial charge in [-0.25, -0.2) is 10.2 Å². The van der Waals surface area contributed by atoms with Gasteiger partial charge in [0.2, 0.25) is 0 Å². The fourth-order valence-corrected chi connectivity index (χ4v) is 0.417. The Bertz CT molecular complexity index is 163. The molecule has 0 unspecified atom stereocenters. The van der Waals surface area contributed by atoms with Crippen molar-refractivity contribution in [2.45, 2.75) is 19.4 Å². The van der Waals surface area contributed by atoms with Crippen LogP contribution < -0.4 is 5.43 Å². The predicted molar refractivity (Wildman–Crippen MR) is 34.0 cm³/mol. The van der Waals surface area contributed by atoms with Gasteiger partial charge >= 0.3 is 5.97 Å². The van der Waals surface area contributed by atoms with Gasteiger partial charge in [0.1, 0.15) is 0 Å². The zero-order chi connectivity index (χ0) is 7.98. The number of hydrogen-bond acceptors (Lipinski definition) is 2. The van der Waals surface area contributed by atoms with Gasteiger partial charge in [-0.1, -0.05) is 6.92 Å². The minimum absolute atomic E-state index is 0.383. The maximum Gasteiger partial charge on any atom is 0.349 e. The van der Waals surface area contributed by atoms with Crippen LogP contribution in [0.25, 0.3) is 10.4 Å². The van der Waals surface area contributed by atoms with E-state index in [1.54, 1.807) is 6.92 Å². The summed E-state index contributed by atoms with van der Waals surface area (Å²) in [6.45, 7) is 1.68. The Labute approximate surface area is 57.4 Å². The zero-order valence-electron chi connectivity index (χ0n) is 5.48. The van der Waals surface area contributed by atoms with Gasteiger partial charge in [0.25, 0.3) is 0 Å². The quantitative estimate of drug-likeness (QED) is 0.262. The summed E-state index contributed by atoms with van der Waals surface area (Å²) in [7, 11) is 0. The molecule has 0 aliphatic carbocycles. The summed E-state index contributed by atoms with van der Waals surface area (Å²) >= 11 is 0. The number of azide groups is 1. The lowest BCUT2D eigenvalue weighted by atomic mass is 10.2. The molecule has 2 N–H and O–H groups in total. The number of carboxylic acid groups (broad SMARTS) is 1. The summed E-state index contributed by atoms with van der Waals surface area (Å²) in [4.78, 5) is 12.5. The Kier molecular flexibility index (Phi) is 3.83. The van der Waals surface area contributed by atoms with E-state index in [4.69, 9.17) is 10.6 Å². The molecular formula is C4H8N4O2. The molecule has 0 amide bonds. The van der Waals surface area contributed by atoms with E-state index in [0.717, 1.165) is 0 Å². The van der Waals surface area contributed by atoms with Crippen LogP contribution in [0.4, 0.5) is 0 Å². The van der Waals surface area contributed by atoms with Crippen molar-refractivity contribution in [3.05, 3.63) is 10.4 Å². The molecule has 0 aromatic heterocycles. The second kappa shape index (κ2) is 4.46. The Morgan fingerprint density at radius 1 is 2.00 bits per heavy atom. The van der Waals surface area contributed by atoms with Gasteiger partial charge in [0, 0.05) is 0 Å². The van der Waals surface area contributed by atoms with Crippen LogP contribution in [-0.2, 0) is 4.79 Å². The van der Waals surface area contributed by atoms with Crippen LogP contribution in [0.1, 0.15) is 13.3 Å². The van der Waals surface area contributed by atoms with Crippen molar-refractivity contribution < 1.29 is 9.90 Å². The third-order valence-corrected chi connectivity index (χ3v) is 0.965.